The zero-order valence-electron chi connectivity index (χ0n) is 10.5. The first-order valence-electron chi connectivity index (χ1n) is 6.23. The summed E-state index contributed by atoms with van der Waals surface area (Å²) in [6.07, 6.45) is 2.85. The van der Waals surface area contributed by atoms with Crippen LogP contribution in [0.4, 0.5) is 0 Å². The number of aliphatic hydroxyl groups is 1. The monoisotopic (exact) mass is 253 g/mol. The molecule has 2 unspecified atom stereocenters. The number of ether oxygens (including phenoxy) is 1. The summed E-state index contributed by atoms with van der Waals surface area (Å²) in [5.41, 5.74) is -0.930. The van der Waals surface area contributed by atoms with Gasteiger partial charge in [0.2, 0.25) is 5.91 Å². The molecule has 1 aromatic heterocycles. The van der Waals surface area contributed by atoms with Crippen molar-refractivity contribution in [3.8, 4) is 0 Å². The molecule has 1 saturated heterocycles. The Morgan fingerprint density at radius 2 is 2.50 bits per heavy atom. The van der Waals surface area contributed by atoms with Crippen molar-refractivity contribution in [2.24, 2.45) is 0 Å². The molecule has 2 atom stereocenters. The zero-order chi connectivity index (χ0) is 13.0. The largest absolute Gasteiger partial charge is 0.469 e. The Labute approximate surface area is 106 Å². The van der Waals surface area contributed by atoms with Crippen LogP contribution < -0.4 is 5.32 Å². The molecule has 1 aliphatic rings. The predicted molar refractivity (Wildman–Crippen MR) is 65.0 cm³/mol. The third-order valence-electron chi connectivity index (χ3n) is 3.43. The number of rotatable bonds is 5. The summed E-state index contributed by atoms with van der Waals surface area (Å²) in [6, 6.07) is 3.64. The van der Waals surface area contributed by atoms with Crippen LogP contribution >= 0.6 is 0 Å². The summed E-state index contributed by atoms with van der Waals surface area (Å²) in [5.74, 6) is 0.709. The summed E-state index contributed by atoms with van der Waals surface area (Å²) in [7, 11) is 0. The summed E-state index contributed by atoms with van der Waals surface area (Å²) in [4.78, 5) is 11.6. The van der Waals surface area contributed by atoms with Crippen LogP contribution in [0.2, 0.25) is 0 Å². The van der Waals surface area contributed by atoms with Gasteiger partial charge in [0.15, 0.2) is 0 Å². The van der Waals surface area contributed by atoms with E-state index in [-0.39, 0.29) is 18.6 Å². The number of aryl methyl sites for hydroxylation is 1. The molecule has 100 valence electrons. The maximum absolute atomic E-state index is 11.6. The Morgan fingerprint density at radius 3 is 3.11 bits per heavy atom. The van der Waals surface area contributed by atoms with Gasteiger partial charge in [-0.25, -0.2) is 0 Å². The quantitative estimate of drug-likeness (QED) is 0.816. The van der Waals surface area contributed by atoms with E-state index >= 15 is 0 Å². The lowest BCUT2D eigenvalue weighted by Crippen LogP contribution is -2.47. The Morgan fingerprint density at radius 1 is 1.67 bits per heavy atom. The fourth-order valence-corrected chi connectivity index (χ4v) is 2.03. The highest BCUT2D eigenvalue weighted by atomic mass is 16.5. The van der Waals surface area contributed by atoms with E-state index in [1.165, 1.54) is 0 Å². The minimum Gasteiger partial charge on any atom is -0.469 e. The number of carbonyl (C=O) groups excluding carboxylic acids is 1. The van der Waals surface area contributed by atoms with E-state index in [0.29, 0.717) is 25.9 Å². The van der Waals surface area contributed by atoms with E-state index in [4.69, 9.17) is 9.15 Å². The lowest BCUT2D eigenvalue weighted by atomic mass is 9.96. The van der Waals surface area contributed by atoms with Crippen molar-refractivity contribution in [2.45, 2.75) is 37.9 Å². The molecule has 0 aliphatic carbocycles. The number of hydrogen-bond donors (Lipinski definition) is 2. The van der Waals surface area contributed by atoms with Crippen LogP contribution in [0.25, 0.3) is 0 Å². The maximum Gasteiger partial charge on any atom is 0.220 e. The summed E-state index contributed by atoms with van der Waals surface area (Å²) in [5, 5.41) is 12.9. The van der Waals surface area contributed by atoms with E-state index in [9.17, 15) is 9.90 Å². The van der Waals surface area contributed by atoms with Crippen molar-refractivity contribution >= 4 is 5.91 Å². The van der Waals surface area contributed by atoms with Crippen molar-refractivity contribution < 1.29 is 19.1 Å². The molecular weight excluding hydrogens is 234 g/mol. The van der Waals surface area contributed by atoms with Crippen LogP contribution in [-0.4, -0.2) is 35.9 Å². The van der Waals surface area contributed by atoms with Crippen molar-refractivity contribution in [1.29, 1.82) is 0 Å². The Balaban J connectivity index is 1.71. The molecule has 1 aliphatic heterocycles. The van der Waals surface area contributed by atoms with Gasteiger partial charge in [-0.2, -0.15) is 0 Å². The first-order valence-corrected chi connectivity index (χ1v) is 6.23. The molecule has 1 aromatic rings. The number of carbonyl (C=O) groups is 1. The first kappa shape index (κ1) is 13.1. The Hall–Kier alpha value is -1.33. The minimum absolute atomic E-state index is 0.0843. The molecule has 2 heterocycles. The Bertz CT molecular complexity index is 390. The normalized spacial score (nSPS) is 27.3. The van der Waals surface area contributed by atoms with Gasteiger partial charge in [0, 0.05) is 32.4 Å². The lowest BCUT2D eigenvalue weighted by molar-refractivity contribution is -0.123. The average molecular weight is 253 g/mol. The van der Waals surface area contributed by atoms with Crippen molar-refractivity contribution in [3.05, 3.63) is 24.2 Å². The molecule has 1 amide bonds. The van der Waals surface area contributed by atoms with Gasteiger partial charge in [-0.05, 0) is 19.1 Å². The van der Waals surface area contributed by atoms with Crippen molar-refractivity contribution in [3.63, 3.8) is 0 Å². The molecule has 0 saturated carbocycles. The van der Waals surface area contributed by atoms with Gasteiger partial charge in [0.05, 0.1) is 12.4 Å². The van der Waals surface area contributed by atoms with E-state index in [0.717, 1.165) is 5.76 Å². The van der Waals surface area contributed by atoms with Gasteiger partial charge in [0.25, 0.3) is 0 Å². The summed E-state index contributed by atoms with van der Waals surface area (Å²) >= 11 is 0. The fourth-order valence-electron chi connectivity index (χ4n) is 2.03. The number of amides is 1. The molecule has 2 N–H and O–H groups in total. The molecule has 1 fully saturated rings. The smallest absolute Gasteiger partial charge is 0.220 e. The SMILES string of the molecule is CC1OCCC1(O)CNC(=O)CCc1ccco1. The first-order chi connectivity index (χ1) is 8.60. The van der Waals surface area contributed by atoms with Crippen LogP contribution in [0.15, 0.2) is 22.8 Å². The number of nitrogens with one attached hydrogen (secondary N) is 1. The van der Waals surface area contributed by atoms with Crippen LogP contribution in [0.5, 0.6) is 0 Å². The van der Waals surface area contributed by atoms with E-state index < -0.39 is 5.60 Å². The topological polar surface area (TPSA) is 71.7 Å². The second-order valence-electron chi connectivity index (χ2n) is 4.72. The molecular formula is C13H19NO4. The maximum atomic E-state index is 11.6. The standard InChI is InChI=1S/C13H19NO4/c1-10-13(16,6-8-17-10)9-14-12(15)5-4-11-3-2-7-18-11/h2-3,7,10,16H,4-6,8-9H2,1H3,(H,14,15). The van der Waals surface area contributed by atoms with Gasteiger partial charge in [-0.15, -0.1) is 0 Å². The molecule has 0 aromatic carbocycles. The third kappa shape index (κ3) is 3.11. The second kappa shape index (κ2) is 5.54. The summed E-state index contributed by atoms with van der Waals surface area (Å²) < 4.78 is 10.5. The van der Waals surface area contributed by atoms with Gasteiger partial charge in [-0.3, -0.25) is 4.79 Å². The molecule has 5 heteroatoms. The number of furan rings is 1. The van der Waals surface area contributed by atoms with Crippen LogP contribution in [0, 0.1) is 0 Å². The number of hydrogen-bond acceptors (Lipinski definition) is 4. The van der Waals surface area contributed by atoms with Crippen molar-refractivity contribution in [1.82, 2.24) is 5.32 Å². The van der Waals surface area contributed by atoms with Crippen LogP contribution in [0.3, 0.4) is 0 Å². The van der Waals surface area contributed by atoms with Crippen LogP contribution in [0.1, 0.15) is 25.5 Å². The highest BCUT2D eigenvalue weighted by molar-refractivity contribution is 5.76. The summed E-state index contributed by atoms with van der Waals surface area (Å²) in [6.45, 7) is 2.60. The second-order valence-corrected chi connectivity index (χ2v) is 4.72. The fraction of sp³-hybridized carbons (Fsp3) is 0.615. The highest BCUT2D eigenvalue weighted by Gasteiger charge is 2.39. The lowest BCUT2D eigenvalue weighted by Gasteiger charge is -2.26. The van der Waals surface area contributed by atoms with E-state index in [1.807, 2.05) is 13.0 Å². The van der Waals surface area contributed by atoms with Crippen LogP contribution in [-0.2, 0) is 16.0 Å². The molecule has 18 heavy (non-hydrogen) atoms. The van der Waals surface area contributed by atoms with Gasteiger partial charge < -0.3 is 19.6 Å². The van der Waals surface area contributed by atoms with E-state index in [2.05, 4.69) is 5.32 Å². The minimum atomic E-state index is -0.930. The van der Waals surface area contributed by atoms with E-state index in [1.54, 1.807) is 12.3 Å². The molecule has 0 radical (unpaired) electrons. The Kier molecular flexibility index (Phi) is 4.04. The molecule has 2 rings (SSSR count). The third-order valence-corrected chi connectivity index (χ3v) is 3.43. The zero-order valence-corrected chi connectivity index (χ0v) is 10.5. The highest BCUT2D eigenvalue weighted by Crippen LogP contribution is 2.24. The predicted octanol–water partition coefficient (Wildman–Crippen LogP) is 0.868. The molecule has 0 bridgehead atoms. The molecule has 5 nitrogen and oxygen atoms in total. The van der Waals surface area contributed by atoms with Gasteiger partial charge in [-0.1, -0.05) is 0 Å². The van der Waals surface area contributed by atoms with Gasteiger partial charge >= 0.3 is 0 Å². The molecule has 0 spiro atoms. The van der Waals surface area contributed by atoms with Crippen molar-refractivity contribution in [2.75, 3.05) is 13.2 Å². The average Bonchev–Trinajstić information content (AvgIpc) is 2.96. The van der Waals surface area contributed by atoms with Gasteiger partial charge in [0.1, 0.15) is 11.4 Å².